The molecule has 0 atom stereocenters. The summed E-state index contributed by atoms with van der Waals surface area (Å²) in [4.78, 5) is 4.45. The molecular weight excluding hydrogens is 152 g/mol. The van der Waals surface area contributed by atoms with Crippen molar-refractivity contribution in [1.82, 2.24) is 0 Å². The first-order valence-corrected chi connectivity index (χ1v) is 3.37. The van der Waals surface area contributed by atoms with E-state index in [0.717, 1.165) is 0 Å². The van der Waals surface area contributed by atoms with Gasteiger partial charge in [0.05, 0.1) is 11.6 Å². The molecule has 59 valence electrons. The molecule has 0 amide bonds. The van der Waals surface area contributed by atoms with Crippen molar-refractivity contribution in [2.45, 2.75) is 0 Å². The normalized spacial score (nSPS) is 9.67. The molecule has 0 aliphatic rings. The Labute approximate surface area is 70.9 Å². The second-order valence-corrected chi connectivity index (χ2v) is 2.04. The first-order valence-electron chi connectivity index (χ1n) is 3.37. The standard InChI is InChI=1S/C9H7N2O/c1-12-11-7-9-5-3-2-4-8(9)6-10/h2-5H,1H3. The molecule has 3 heteroatoms. The quantitative estimate of drug-likeness (QED) is 0.483. The molecule has 0 heterocycles. The van der Waals surface area contributed by atoms with Gasteiger partial charge < -0.3 is 4.84 Å². The fourth-order valence-electron chi connectivity index (χ4n) is 0.773. The SMILES string of the molecule is CO/N=[C]\c1ccccc1C#N. The Hall–Kier alpha value is -1.82. The Kier molecular flexibility index (Phi) is 2.86. The predicted octanol–water partition coefficient (Wildman–Crippen LogP) is 1.42. The lowest BCUT2D eigenvalue weighted by atomic mass is 10.1. The Morgan fingerprint density at radius 2 is 2.00 bits per heavy atom. The molecule has 0 aromatic heterocycles. The average Bonchev–Trinajstić information content (AvgIpc) is 2.15. The fourth-order valence-corrected chi connectivity index (χ4v) is 0.773. The van der Waals surface area contributed by atoms with E-state index in [1.54, 1.807) is 18.2 Å². The third kappa shape index (κ3) is 1.83. The fraction of sp³-hybridized carbons (Fsp3) is 0.111. The number of nitrogens with zero attached hydrogens (tertiary/aromatic N) is 2. The lowest BCUT2D eigenvalue weighted by molar-refractivity contribution is 0.215. The van der Waals surface area contributed by atoms with Gasteiger partial charge in [0.15, 0.2) is 0 Å². The van der Waals surface area contributed by atoms with Crippen LogP contribution in [-0.4, -0.2) is 13.3 Å². The topological polar surface area (TPSA) is 45.4 Å². The highest BCUT2D eigenvalue weighted by Gasteiger charge is 1.96. The zero-order valence-electron chi connectivity index (χ0n) is 6.61. The molecule has 0 spiro atoms. The Balaban J connectivity index is 2.99. The van der Waals surface area contributed by atoms with Crippen LogP contribution in [0.2, 0.25) is 0 Å². The molecule has 12 heavy (non-hydrogen) atoms. The van der Waals surface area contributed by atoms with Crippen LogP contribution in [0.1, 0.15) is 11.1 Å². The van der Waals surface area contributed by atoms with Crippen LogP contribution in [0.3, 0.4) is 0 Å². The summed E-state index contributed by atoms with van der Waals surface area (Å²) in [6.45, 7) is 0. The molecule has 0 saturated heterocycles. The first kappa shape index (κ1) is 8.28. The summed E-state index contributed by atoms with van der Waals surface area (Å²) in [6.07, 6.45) is 2.59. The van der Waals surface area contributed by atoms with E-state index >= 15 is 0 Å². The largest absolute Gasteiger partial charge is 0.399 e. The highest BCUT2D eigenvalue weighted by Crippen LogP contribution is 2.03. The minimum absolute atomic E-state index is 0.540. The van der Waals surface area contributed by atoms with E-state index in [-0.39, 0.29) is 0 Å². The zero-order chi connectivity index (χ0) is 8.81. The summed E-state index contributed by atoms with van der Waals surface area (Å²) in [5, 5.41) is 12.1. The smallest absolute Gasteiger partial charge is 0.141 e. The molecule has 0 saturated carbocycles. The highest BCUT2D eigenvalue weighted by molar-refractivity contribution is 5.82. The molecule has 1 aromatic carbocycles. The third-order valence-electron chi connectivity index (χ3n) is 1.30. The van der Waals surface area contributed by atoms with Crippen LogP contribution < -0.4 is 0 Å². The Morgan fingerprint density at radius 1 is 1.33 bits per heavy atom. The van der Waals surface area contributed by atoms with Crippen LogP contribution in [0, 0.1) is 11.3 Å². The summed E-state index contributed by atoms with van der Waals surface area (Å²) in [5.74, 6) is 0. The second kappa shape index (κ2) is 4.14. The van der Waals surface area contributed by atoms with Crippen molar-refractivity contribution >= 4 is 6.21 Å². The van der Waals surface area contributed by atoms with Crippen molar-refractivity contribution in [3.8, 4) is 6.07 Å². The van der Waals surface area contributed by atoms with Crippen molar-refractivity contribution in [1.29, 1.82) is 5.26 Å². The van der Waals surface area contributed by atoms with E-state index in [1.165, 1.54) is 7.11 Å². The molecule has 3 nitrogen and oxygen atoms in total. The zero-order valence-corrected chi connectivity index (χ0v) is 6.61. The third-order valence-corrected chi connectivity index (χ3v) is 1.30. The molecule has 0 fully saturated rings. The van der Waals surface area contributed by atoms with Crippen molar-refractivity contribution < 1.29 is 4.84 Å². The van der Waals surface area contributed by atoms with E-state index in [0.29, 0.717) is 11.1 Å². The van der Waals surface area contributed by atoms with E-state index in [4.69, 9.17) is 5.26 Å². The lowest BCUT2D eigenvalue weighted by Crippen LogP contribution is -1.86. The van der Waals surface area contributed by atoms with Crippen LogP contribution in [0.4, 0.5) is 0 Å². The first-order chi connectivity index (χ1) is 5.88. The number of hydrogen-bond donors (Lipinski definition) is 0. The predicted molar refractivity (Wildman–Crippen MR) is 44.7 cm³/mol. The summed E-state index contributed by atoms with van der Waals surface area (Å²) < 4.78 is 0. The van der Waals surface area contributed by atoms with Crippen LogP contribution in [-0.2, 0) is 4.84 Å². The van der Waals surface area contributed by atoms with E-state index in [1.807, 2.05) is 12.1 Å². The molecule has 1 aromatic rings. The van der Waals surface area contributed by atoms with Gasteiger partial charge >= 0.3 is 0 Å². The summed E-state index contributed by atoms with van der Waals surface area (Å²) in [6, 6.07) is 9.08. The van der Waals surface area contributed by atoms with Gasteiger partial charge in [0, 0.05) is 5.56 Å². The van der Waals surface area contributed by atoms with Crippen LogP contribution in [0.5, 0.6) is 0 Å². The lowest BCUT2D eigenvalue weighted by Gasteiger charge is -1.92. The van der Waals surface area contributed by atoms with Crippen molar-refractivity contribution in [2.75, 3.05) is 7.11 Å². The van der Waals surface area contributed by atoms with Gasteiger partial charge in [-0.05, 0) is 6.07 Å². The van der Waals surface area contributed by atoms with Gasteiger partial charge in [-0.25, -0.2) is 0 Å². The van der Waals surface area contributed by atoms with Crippen molar-refractivity contribution in [3.05, 3.63) is 35.4 Å². The molecule has 0 aliphatic carbocycles. The van der Waals surface area contributed by atoms with Gasteiger partial charge in [-0.3, -0.25) is 0 Å². The van der Waals surface area contributed by atoms with E-state index in [2.05, 4.69) is 16.2 Å². The molecule has 0 bridgehead atoms. The van der Waals surface area contributed by atoms with Gasteiger partial charge in [-0.15, -0.1) is 0 Å². The monoisotopic (exact) mass is 159 g/mol. The summed E-state index contributed by atoms with van der Waals surface area (Å²) in [5.41, 5.74) is 1.18. The average molecular weight is 159 g/mol. The van der Waals surface area contributed by atoms with Gasteiger partial charge in [0.1, 0.15) is 13.3 Å². The highest BCUT2D eigenvalue weighted by atomic mass is 16.6. The van der Waals surface area contributed by atoms with Gasteiger partial charge in [0.25, 0.3) is 0 Å². The maximum absolute atomic E-state index is 8.65. The van der Waals surface area contributed by atoms with Crippen LogP contribution in [0.25, 0.3) is 0 Å². The Bertz CT molecular complexity index is 326. The number of rotatable bonds is 2. The Morgan fingerprint density at radius 3 is 2.58 bits per heavy atom. The molecular formula is C9H7N2O. The molecule has 1 rings (SSSR count). The molecule has 1 radical (unpaired) electrons. The summed E-state index contributed by atoms with van der Waals surface area (Å²) >= 11 is 0. The number of nitriles is 1. The minimum Gasteiger partial charge on any atom is -0.399 e. The van der Waals surface area contributed by atoms with Crippen molar-refractivity contribution in [3.63, 3.8) is 0 Å². The van der Waals surface area contributed by atoms with Gasteiger partial charge in [0.2, 0.25) is 0 Å². The molecule has 0 unspecified atom stereocenters. The number of hydrogen-bond acceptors (Lipinski definition) is 3. The van der Waals surface area contributed by atoms with Gasteiger partial charge in [-0.1, -0.05) is 23.4 Å². The summed E-state index contributed by atoms with van der Waals surface area (Å²) in [7, 11) is 1.43. The maximum atomic E-state index is 8.65. The van der Waals surface area contributed by atoms with Crippen molar-refractivity contribution in [2.24, 2.45) is 5.16 Å². The number of benzene rings is 1. The molecule has 0 N–H and O–H groups in total. The van der Waals surface area contributed by atoms with Gasteiger partial charge in [-0.2, -0.15) is 5.26 Å². The van der Waals surface area contributed by atoms with E-state index in [9.17, 15) is 0 Å². The second-order valence-electron chi connectivity index (χ2n) is 2.04. The van der Waals surface area contributed by atoms with Crippen LogP contribution >= 0.6 is 0 Å². The van der Waals surface area contributed by atoms with E-state index < -0.39 is 0 Å². The minimum atomic E-state index is 0.540. The molecule has 0 aliphatic heterocycles. The maximum Gasteiger partial charge on any atom is 0.141 e. The van der Waals surface area contributed by atoms with Crippen LogP contribution in [0.15, 0.2) is 29.4 Å².